The summed E-state index contributed by atoms with van der Waals surface area (Å²) in [6.07, 6.45) is 3.23. The number of urea groups is 1. The number of hydrogen-bond donors (Lipinski definition) is 2. The summed E-state index contributed by atoms with van der Waals surface area (Å²) >= 11 is 5.82. The number of amides is 2. The second kappa shape index (κ2) is 10.2. The number of likely N-dealkylation sites (tertiary alicyclic amines) is 1. The number of fused-ring (bicyclic) bond motifs is 1. The van der Waals surface area contributed by atoms with Crippen LogP contribution in [0.15, 0.2) is 41.4 Å². The maximum atomic E-state index is 14.3. The van der Waals surface area contributed by atoms with E-state index in [1.54, 1.807) is 17.2 Å². The monoisotopic (exact) mass is 526 g/mol. The van der Waals surface area contributed by atoms with Crippen molar-refractivity contribution in [2.75, 3.05) is 29.9 Å². The van der Waals surface area contributed by atoms with Crippen LogP contribution >= 0.6 is 11.6 Å². The second-order valence-corrected chi connectivity index (χ2v) is 9.59. The van der Waals surface area contributed by atoms with E-state index in [-0.39, 0.29) is 22.7 Å². The van der Waals surface area contributed by atoms with Gasteiger partial charge in [-0.25, -0.2) is 18.8 Å². The molecule has 0 spiro atoms. The number of rotatable bonds is 4. The van der Waals surface area contributed by atoms with Crippen LogP contribution in [0.2, 0.25) is 5.02 Å². The first-order valence-corrected chi connectivity index (χ1v) is 12.5. The Hall–Kier alpha value is -3.88. The molecule has 3 aliphatic heterocycles. The number of nitrogens with zero attached hydrogens (tertiary/aromatic N) is 4. The highest BCUT2D eigenvalue weighted by Gasteiger charge is 2.34. The molecule has 5 rings (SSSR count). The molecule has 2 N–H and O–H groups in total. The number of piperidine rings is 1. The molecule has 0 aromatic heterocycles. The molecule has 9 nitrogen and oxygen atoms in total. The molecule has 0 radical (unpaired) electrons. The number of nitrogens with one attached hydrogen (secondary N) is 1. The van der Waals surface area contributed by atoms with Gasteiger partial charge in [0.25, 0.3) is 0 Å². The molecule has 0 saturated carbocycles. The number of carbonyl (C=O) groups excluding carboxylic acids is 1. The Labute approximate surface area is 217 Å². The fraction of sp³-hybridized carbons (Fsp3) is 0.346. The molecule has 11 heteroatoms. The van der Waals surface area contributed by atoms with Gasteiger partial charge in [-0.15, -0.1) is 0 Å². The van der Waals surface area contributed by atoms with Gasteiger partial charge in [-0.1, -0.05) is 23.5 Å². The van der Waals surface area contributed by atoms with Gasteiger partial charge in [0, 0.05) is 10.6 Å². The maximum Gasteiger partial charge on any atom is 0.483 e. The van der Waals surface area contributed by atoms with Crippen LogP contribution in [0.3, 0.4) is 0 Å². The Morgan fingerprint density at radius 1 is 1.24 bits per heavy atom. The van der Waals surface area contributed by atoms with Gasteiger partial charge < -0.3 is 15.2 Å². The zero-order chi connectivity index (χ0) is 26.1. The first-order valence-electron chi connectivity index (χ1n) is 12.1. The van der Waals surface area contributed by atoms with Crippen molar-refractivity contribution in [1.82, 2.24) is 9.57 Å². The molecule has 2 aromatic carbocycles. The fourth-order valence-electron chi connectivity index (χ4n) is 4.59. The highest BCUT2D eigenvalue weighted by molar-refractivity contribution is 6.41. The van der Waals surface area contributed by atoms with E-state index in [1.165, 1.54) is 12.1 Å². The minimum Gasteiger partial charge on any atom is -0.486 e. The number of aliphatic carboxylic acids is 1. The van der Waals surface area contributed by atoms with Crippen LogP contribution in [0.25, 0.3) is 0 Å². The molecule has 2 aromatic rings. The minimum absolute atomic E-state index is 0.0408. The Kier molecular flexibility index (Phi) is 6.86. The van der Waals surface area contributed by atoms with E-state index in [9.17, 15) is 19.1 Å². The Balaban J connectivity index is 1.38. The summed E-state index contributed by atoms with van der Waals surface area (Å²) < 4.78 is 25.1. The van der Waals surface area contributed by atoms with E-state index in [0.29, 0.717) is 62.0 Å². The van der Waals surface area contributed by atoms with Crippen molar-refractivity contribution in [3.63, 3.8) is 0 Å². The average molecular weight is 527 g/mol. The lowest BCUT2D eigenvalue weighted by atomic mass is 9.97. The van der Waals surface area contributed by atoms with E-state index in [1.807, 2.05) is 24.0 Å². The largest absolute Gasteiger partial charge is 0.486 e. The van der Waals surface area contributed by atoms with Crippen LogP contribution in [0.4, 0.5) is 20.6 Å². The Morgan fingerprint density at radius 2 is 2.03 bits per heavy atom. The standard InChI is InChI=1S/C26H25ClFN5O4/c1-2-18-14-33(26(36)31-20-5-4-17(27)12-19(20)28)22-6-3-16(11-23(22)37-18)21-13-29-25(30-21)32-9-7-15(8-10-32)24(34)35/h3-6,11-13,15,18H,2,7-10,14H2,1H3,(H-,31,34,35,36)/p+1. The third-order valence-electron chi connectivity index (χ3n) is 6.75. The molecule has 1 fully saturated rings. The topological polar surface area (TPSA) is 109 Å². The van der Waals surface area contributed by atoms with E-state index >= 15 is 0 Å². The van der Waals surface area contributed by atoms with E-state index < -0.39 is 17.8 Å². The first kappa shape index (κ1) is 24.8. The van der Waals surface area contributed by atoms with Gasteiger partial charge in [-0.05, 0) is 55.7 Å². The van der Waals surface area contributed by atoms with E-state index in [2.05, 4.69) is 15.0 Å². The number of guanidine groups is 1. The van der Waals surface area contributed by atoms with Crippen LogP contribution in [0, 0.1) is 11.7 Å². The molecular weight excluding hydrogens is 501 g/mol. The zero-order valence-corrected chi connectivity index (χ0v) is 20.9. The smallest absolute Gasteiger partial charge is 0.483 e. The van der Waals surface area contributed by atoms with Crippen LogP contribution in [0.1, 0.15) is 31.7 Å². The van der Waals surface area contributed by atoms with Gasteiger partial charge in [-0.3, -0.25) is 9.69 Å². The number of carboxylic acids is 1. The summed E-state index contributed by atoms with van der Waals surface area (Å²) in [5, 5.41) is 12.1. The number of carbonyl (C=O) groups is 2. The third kappa shape index (κ3) is 5.16. The first-order chi connectivity index (χ1) is 17.8. The predicted octanol–water partition coefficient (Wildman–Crippen LogP) is 3.78. The lowest BCUT2D eigenvalue weighted by Crippen LogP contribution is -2.45. The van der Waals surface area contributed by atoms with Crippen molar-refractivity contribution in [2.24, 2.45) is 10.9 Å². The Bertz CT molecular complexity index is 1350. The molecule has 37 heavy (non-hydrogen) atoms. The van der Waals surface area contributed by atoms with E-state index in [4.69, 9.17) is 16.3 Å². The van der Waals surface area contributed by atoms with Gasteiger partial charge in [0.1, 0.15) is 17.7 Å². The van der Waals surface area contributed by atoms with E-state index in [0.717, 1.165) is 11.6 Å². The molecule has 192 valence electrons. The molecule has 0 bridgehead atoms. The van der Waals surface area contributed by atoms with Crippen molar-refractivity contribution in [1.29, 1.82) is 0 Å². The van der Waals surface area contributed by atoms with Crippen molar-refractivity contribution >= 4 is 52.9 Å². The summed E-state index contributed by atoms with van der Waals surface area (Å²) in [6, 6.07) is 9.05. The van der Waals surface area contributed by atoms with Gasteiger partial charge in [0.05, 0.1) is 36.9 Å². The normalized spacial score (nSPS) is 19.2. The summed E-state index contributed by atoms with van der Waals surface area (Å²) in [4.78, 5) is 32.3. The number of hydrogen-bond acceptors (Lipinski definition) is 5. The SMILES string of the molecule is CCC1CN(C(=O)Nc2ccc(Cl)cc2F)c2ccc(C3=[N+]=C(N4CCC(C(=O)O)CC4)N=C3)cc2O1. The fourth-order valence-corrected chi connectivity index (χ4v) is 4.75. The predicted molar refractivity (Wildman–Crippen MR) is 141 cm³/mol. The lowest BCUT2D eigenvalue weighted by Gasteiger charge is -2.34. The van der Waals surface area contributed by atoms with Crippen molar-refractivity contribution in [2.45, 2.75) is 32.3 Å². The maximum absolute atomic E-state index is 14.3. The number of ether oxygens (including phenoxy) is 1. The minimum atomic E-state index is -0.760. The van der Waals surface area contributed by atoms with Crippen LogP contribution < -0.4 is 19.6 Å². The highest BCUT2D eigenvalue weighted by atomic mass is 35.5. The van der Waals surface area contributed by atoms with Crippen LogP contribution in [-0.2, 0) is 4.79 Å². The number of carboxylic acid groups (broad SMARTS) is 1. The van der Waals surface area contributed by atoms with Crippen molar-refractivity contribution in [3.8, 4) is 5.75 Å². The van der Waals surface area contributed by atoms with Crippen molar-refractivity contribution < 1.29 is 23.8 Å². The summed E-state index contributed by atoms with van der Waals surface area (Å²) in [7, 11) is 0. The second-order valence-electron chi connectivity index (χ2n) is 9.15. The number of benzene rings is 2. The molecule has 3 heterocycles. The third-order valence-corrected chi connectivity index (χ3v) is 6.98. The van der Waals surface area contributed by atoms with Gasteiger partial charge in [0.15, 0.2) is 6.21 Å². The number of aliphatic imine (C=N–C) groups is 1. The lowest BCUT2D eigenvalue weighted by molar-refractivity contribution is -0.143. The Morgan fingerprint density at radius 3 is 2.73 bits per heavy atom. The van der Waals surface area contributed by atoms with Gasteiger partial charge >= 0.3 is 18.0 Å². The average Bonchev–Trinajstić information content (AvgIpc) is 3.39. The van der Waals surface area contributed by atoms with Gasteiger partial charge in [-0.2, -0.15) is 0 Å². The molecule has 1 atom stereocenters. The molecule has 3 aliphatic rings. The highest BCUT2D eigenvalue weighted by Crippen LogP contribution is 2.36. The summed E-state index contributed by atoms with van der Waals surface area (Å²) in [5.74, 6) is -0.617. The molecule has 1 unspecified atom stereocenters. The zero-order valence-electron chi connectivity index (χ0n) is 20.2. The number of anilines is 2. The molecular formula is C26H26ClFN5O4+. The molecule has 2 amide bonds. The number of halogens is 2. The van der Waals surface area contributed by atoms with Crippen molar-refractivity contribution in [3.05, 3.63) is 52.8 Å². The van der Waals surface area contributed by atoms with Crippen LogP contribution in [0.5, 0.6) is 5.75 Å². The summed E-state index contributed by atoms with van der Waals surface area (Å²) in [6.45, 7) is 3.46. The summed E-state index contributed by atoms with van der Waals surface area (Å²) in [5.41, 5.74) is 2.04. The molecule has 0 aliphatic carbocycles. The molecule has 1 saturated heterocycles. The van der Waals surface area contributed by atoms with Crippen LogP contribution in [-0.4, -0.2) is 65.6 Å². The van der Waals surface area contributed by atoms with Gasteiger partial charge in [0.2, 0.25) is 5.71 Å². The quantitative estimate of drug-likeness (QED) is 0.589.